The lowest BCUT2D eigenvalue weighted by Crippen LogP contribution is -2.61. The molecule has 26 nitrogen and oxygen atoms in total. The Morgan fingerprint density at radius 2 is 1.38 bits per heavy atom. The van der Waals surface area contributed by atoms with Crippen LogP contribution in [0.2, 0.25) is 0 Å². The maximum absolute atomic E-state index is 14.8. The van der Waals surface area contributed by atoms with Crippen LogP contribution in [0.3, 0.4) is 0 Å². The van der Waals surface area contributed by atoms with Gasteiger partial charge in [-0.25, -0.2) is 0 Å². The number of nitrogens with zero attached hydrogens (tertiary/aromatic N) is 3. The number of rotatable bonds is 18. The fourth-order valence-electron chi connectivity index (χ4n) is 8.69. The molecule has 0 radical (unpaired) electrons. The summed E-state index contributed by atoms with van der Waals surface area (Å²) < 4.78 is 0. The van der Waals surface area contributed by atoms with Gasteiger partial charge in [0.25, 0.3) is 0 Å². The Morgan fingerprint density at radius 3 is 2.08 bits per heavy atom. The van der Waals surface area contributed by atoms with Gasteiger partial charge in [0.15, 0.2) is 5.96 Å². The first kappa shape index (κ1) is 60.9. The zero-order valence-electron chi connectivity index (χ0n) is 42.9. The predicted octanol–water partition coefficient (Wildman–Crippen LogP) is -3.26. The predicted molar refractivity (Wildman–Crippen MR) is 293 cm³/mol. The molecule has 3 aromatic rings. The van der Waals surface area contributed by atoms with Crippen molar-refractivity contribution in [2.24, 2.45) is 39.4 Å². The number of likely N-dealkylation sites (tertiary alicyclic amines) is 1. The van der Waals surface area contributed by atoms with Gasteiger partial charge in [0.2, 0.25) is 65.0 Å². The van der Waals surface area contributed by atoms with E-state index in [1.807, 2.05) is 12.1 Å². The van der Waals surface area contributed by atoms with Crippen LogP contribution >= 0.6 is 21.6 Å². The molecule has 0 aliphatic carbocycles. The molecule has 5 rings (SSSR count). The van der Waals surface area contributed by atoms with Crippen molar-refractivity contribution in [1.29, 1.82) is 0 Å². The van der Waals surface area contributed by atoms with Crippen molar-refractivity contribution < 1.29 is 52.7 Å². The number of hydrogen-bond donors (Lipinski definition) is 12. The van der Waals surface area contributed by atoms with Crippen LogP contribution in [0.25, 0.3) is 10.8 Å². The average Bonchev–Trinajstić information content (AvgIpc) is 3.90. The molecule has 28 heteroatoms. The monoisotopic (exact) mass is 1120 g/mol. The van der Waals surface area contributed by atoms with Crippen LogP contribution in [0.15, 0.2) is 77.8 Å². The minimum Gasteiger partial charge on any atom is -0.370 e. The first-order valence-corrected chi connectivity index (χ1v) is 27.5. The molecule has 0 bridgehead atoms. The van der Waals surface area contributed by atoms with E-state index in [4.69, 9.17) is 34.4 Å². The van der Waals surface area contributed by atoms with Crippen molar-refractivity contribution in [2.75, 3.05) is 36.0 Å². The van der Waals surface area contributed by atoms with Crippen molar-refractivity contribution in [3.8, 4) is 0 Å². The Bertz CT molecular complexity index is 2730. The van der Waals surface area contributed by atoms with Gasteiger partial charge >= 0.3 is 0 Å². The molecule has 420 valence electrons. The smallest absolute Gasteiger partial charge is 0.246 e. The molecular weight excluding hydrogens is 1050 g/mol. The molecule has 2 heterocycles. The number of amides is 11. The minimum absolute atomic E-state index is 0.00504. The molecule has 2 saturated heterocycles. The number of carbonyl (C=O) groups excluding carboxylic acids is 11. The largest absolute Gasteiger partial charge is 0.370 e. The van der Waals surface area contributed by atoms with Gasteiger partial charge < -0.3 is 71.2 Å². The number of nitrogens with two attached hydrogens (primary N) is 6. The first-order chi connectivity index (χ1) is 37.1. The molecule has 2 fully saturated rings. The van der Waals surface area contributed by atoms with Crippen LogP contribution in [-0.2, 0) is 59.2 Å². The minimum atomic E-state index is -1.79. The maximum Gasteiger partial charge on any atom is 0.246 e. The summed E-state index contributed by atoms with van der Waals surface area (Å²) in [5, 5.41) is 16.7. The van der Waals surface area contributed by atoms with Crippen LogP contribution in [-0.4, -0.2) is 155 Å². The highest BCUT2D eigenvalue weighted by molar-refractivity contribution is 8.76. The molecule has 2 aliphatic heterocycles. The summed E-state index contributed by atoms with van der Waals surface area (Å²) in [5.41, 5.74) is 34.7. The molecule has 3 aromatic carbocycles. The molecular formula is C50H67N15O11S2. The Kier molecular flexibility index (Phi) is 23.0. The highest BCUT2D eigenvalue weighted by Gasteiger charge is 2.41. The maximum atomic E-state index is 14.8. The van der Waals surface area contributed by atoms with Gasteiger partial charge in [0.1, 0.15) is 42.3 Å². The number of nitrogens with one attached hydrogen (secondary N) is 6. The number of primary amides is 3. The zero-order chi connectivity index (χ0) is 57.1. The van der Waals surface area contributed by atoms with E-state index in [1.54, 1.807) is 60.7 Å². The second-order valence-corrected chi connectivity index (χ2v) is 21.1. The van der Waals surface area contributed by atoms with Crippen molar-refractivity contribution in [2.45, 2.75) is 107 Å². The van der Waals surface area contributed by atoms with Crippen LogP contribution in [0.5, 0.6) is 0 Å². The first-order valence-electron chi connectivity index (χ1n) is 25.0. The number of hydrogen-bond acceptors (Lipinski definition) is 15. The summed E-state index contributed by atoms with van der Waals surface area (Å²) in [6.07, 6.45) is -1.17. The number of fused-ring (bicyclic) bond motifs is 1. The third kappa shape index (κ3) is 17.8. The number of benzene rings is 3. The van der Waals surface area contributed by atoms with Gasteiger partial charge in [-0.05, 0) is 56.0 Å². The topological polar surface area (TPSA) is 435 Å². The van der Waals surface area contributed by atoms with E-state index >= 15 is 0 Å². The number of guanidine groups is 1. The summed E-state index contributed by atoms with van der Waals surface area (Å²) in [4.78, 5) is 157. The van der Waals surface area contributed by atoms with E-state index in [1.165, 1.54) is 16.7 Å². The van der Waals surface area contributed by atoms with Crippen molar-refractivity contribution >= 4 is 109 Å². The molecule has 0 spiro atoms. The lowest BCUT2D eigenvalue weighted by Gasteiger charge is -2.33. The Hall–Kier alpha value is -7.98. The van der Waals surface area contributed by atoms with E-state index in [0.29, 0.717) is 23.1 Å². The standard InChI is InChI=1S/C50H67N15O11S2/c1-27-42(69)61-34(22-28-10-3-2-4-11-28)45(72)59-33(18-19-39(52)66)44(71)62-35(23-40(53)67)46(73)63-36(26-78-77-25-31(51)48(75)65(27)37-16-7-13-29-12-5-6-14-30(29)37)49(76)64-21-9-17-38(64)47(74)60-32(15-8-20-57-50(55)56)43(70)58-24-41(54)68/h2-7,10-14,16,27,31-36,38H,8-9,15,17-26,51H2,1H3,(H2,52,66)(H2,53,67)(H2,54,68)(H,58,70)(H,59,72)(H,60,74)(H,61,69)(H,62,71)(H,63,73)(H4,55,56,57)/t27-,31+,32+,33+,34?,35+,36?,38+/m1/s1. The molecule has 0 saturated carbocycles. The zero-order valence-corrected chi connectivity index (χ0v) is 44.5. The van der Waals surface area contributed by atoms with Crippen LogP contribution < -0.4 is 71.2 Å². The third-order valence-corrected chi connectivity index (χ3v) is 15.1. The van der Waals surface area contributed by atoms with Crippen LogP contribution in [0, 0.1) is 0 Å². The van der Waals surface area contributed by atoms with E-state index < -0.39 is 139 Å². The van der Waals surface area contributed by atoms with Gasteiger partial charge in [-0.3, -0.25) is 62.6 Å². The molecule has 8 atom stereocenters. The third-order valence-electron chi connectivity index (χ3n) is 12.6. The summed E-state index contributed by atoms with van der Waals surface area (Å²) >= 11 is 0. The second-order valence-electron chi connectivity index (χ2n) is 18.6. The van der Waals surface area contributed by atoms with E-state index in [-0.39, 0.29) is 56.2 Å². The van der Waals surface area contributed by atoms with Crippen molar-refractivity contribution in [1.82, 2.24) is 36.8 Å². The van der Waals surface area contributed by atoms with Crippen LogP contribution in [0.4, 0.5) is 5.69 Å². The van der Waals surface area contributed by atoms with Crippen molar-refractivity contribution in [3.63, 3.8) is 0 Å². The molecule has 11 amide bonds. The Morgan fingerprint density at radius 1 is 0.744 bits per heavy atom. The summed E-state index contributed by atoms with van der Waals surface area (Å²) in [7, 11) is 2.06. The van der Waals surface area contributed by atoms with E-state index in [2.05, 4.69) is 36.9 Å². The van der Waals surface area contributed by atoms with Gasteiger partial charge in [0, 0.05) is 42.8 Å². The summed E-state index contributed by atoms with van der Waals surface area (Å²) in [6.45, 7) is 1.04. The highest BCUT2D eigenvalue weighted by atomic mass is 33.1. The highest BCUT2D eigenvalue weighted by Crippen LogP contribution is 2.31. The van der Waals surface area contributed by atoms with Gasteiger partial charge in [-0.15, -0.1) is 0 Å². The Balaban J connectivity index is 1.53. The lowest BCUT2D eigenvalue weighted by atomic mass is 10.0. The number of carbonyl (C=O) groups is 11. The fourth-order valence-corrected chi connectivity index (χ4v) is 11.0. The molecule has 2 unspecified atom stereocenters. The number of aliphatic imine (C=N–C) groups is 1. The van der Waals surface area contributed by atoms with Crippen LogP contribution in [0.1, 0.15) is 57.4 Å². The normalized spacial score (nSPS) is 22.4. The van der Waals surface area contributed by atoms with E-state index in [0.717, 1.165) is 27.0 Å². The SMILES string of the molecule is C[C@@H]1C(=O)NC(Cc2ccccc2)C(=O)N[C@@H](CCC(N)=O)C(=O)N[C@@H](CC(N)=O)C(=O)NC(C(=O)N2CCC[C@H]2C(=O)N[C@@H](CCCN=C(N)N)C(=O)NCC(N)=O)CSSC[C@H](N)C(=O)N1c1cccc2ccccc12. The van der Waals surface area contributed by atoms with Crippen molar-refractivity contribution in [3.05, 3.63) is 78.4 Å². The fraction of sp³-hybridized carbons (Fsp3) is 0.440. The summed E-state index contributed by atoms with van der Waals surface area (Å²) in [6, 6.07) is 9.54. The van der Waals surface area contributed by atoms with Gasteiger partial charge in [-0.1, -0.05) is 88.3 Å². The summed E-state index contributed by atoms with van der Waals surface area (Å²) in [5.74, 6) is -10.2. The quantitative estimate of drug-likeness (QED) is 0.0257. The molecule has 18 N–H and O–H groups in total. The van der Waals surface area contributed by atoms with Gasteiger partial charge in [-0.2, -0.15) is 0 Å². The molecule has 0 aromatic heterocycles. The average molecular weight is 1120 g/mol. The van der Waals surface area contributed by atoms with E-state index in [9.17, 15) is 52.7 Å². The Labute approximate surface area is 457 Å². The lowest BCUT2D eigenvalue weighted by molar-refractivity contribution is -0.142. The second kappa shape index (κ2) is 29.5. The molecule has 78 heavy (non-hydrogen) atoms. The molecule has 2 aliphatic rings. The van der Waals surface area contributed by atoms with Gasteiger partial charge in [0.05, 0.1) is 24.7 Å². The number of anilines is 1.